The number of hydrogen-bond acceptors (Lipinski definition) is 4. The lowest BCUT2D eigenvalue weighted by Crippen LogP contribution is -2.35. The Balaban J connectivity index is 1.82. The zero-order valence-electron chi connectivity index (χ0n) is 14.4. The van der Waals surface area contributed by atoms with Crippen LogP contribution in [0.5, 0.6) is 0 Å². The van der Waals surface area contributed by atoms with Gasteiger partial charge in [-0.05, 0) is 54.4 Å². The summed E-state index contributed by atoms with van der Waals surface area (Å²) in [7, 11) is 0. The number of carbonyl (C=O) groups is 1. The van der Waals surface area contributed by atoms with Crippen molar-refractivity contribution in [1.29, 1.82) is 5.41 Å². The van der Waals surface area contributed by atoms with Crippen molar-refractivity contribution in [3.63, 3.8) is 0 Å². The number of thioether (sulfide) groups is 1. The van der Waals surface area contributed by atoms with Crippen molar-refractivity contribution in [2.75, 3.05) is 0 Å². The fourth-order valence-corrected chi connectivity index (χ4v) is 3.76. The van der Waals surface area contributed by atoms with E-state index in [0.717, 1.165) is 23.4 Å². The number of amides is 1. The van der Waals surface area contributed by atoms with E-state index in [4.69, 9.17) is 5.41 Å². The molecule has 0 spiro atoms. The van der Waals surface area contributed by atoms with Gasteiger partial charge in [0.15, 0.2) is 11.0 Å². The number of para-hydroxylation sites is 1. The molecule has 2 aliphatic heterocycles. The molecular weight excluding hydrogens is 346 g/mol. The van der Waals surface area contributed by atoms with Crippen molar-refractivity contribution in [3.05, 3.63) is 58.9 Å². The number of carbonyl (C=O) groups excluding carboxylic acids is 1. The van der Waals surface area contributed by atoms with E-state index < -0.39 is 5.91 Å². The normalized spacial score (nSPS) is 17.8. The summed E-state index contributed by atoms with van der Waals surface area (Å²) in [5, 5.41) is 14.2. The summed E-state index contributed by atoms with van der Waals surface area (Å²) in [5.74, 6) is -0.359. The predicted octanol–water partition coefficient (Wildman–Crippen LogP) is 3.60. The monoisotopic (exact) mass is 363 g/mol. The number of rotatable bonds is 3. The Morgan fingerprint density at radius 2 is 2.12 bits per heavy atom. The van der Waals surface area contributed by atoms with Gasteiger partial charge in [-0.1, -0.05) is 25.1 Å². The van der Waals surface area contributed by atoms with E-state index in [1.165, 1.54) is 22.3 Å². The van der Waals surface area contributed by atoms with Crippen LogP contribution in [-0.2, 0) is 11.2 Å². The maximum absolute atomic E-state index is 12.4. The number of benzene rings is 1. The summed E-state index contributed by atoms with van der Waals surface area (Å²) < 4.78 is 2.06. The largest absolute Gasteiger partial charge is 0.317 e. The molecule has 0 saturated heterocycles. The van der Waals surface area contributed by atoms with Crippen molar-refractivity contribution in [2.24, 2.45) is 10.1 Å². The maximum atomic E-state index is 12.4. The van der Waals surface area contributed by atoms with Crippen LogP contribution in [0.25, 0.3) is 11.8 Å². The SMILES string of the molecule is CCc1cccc(C)c1-n1cccc1/C=C1\C(=N)N2N=CSC2=NC1=O. The average Bonchev–Trinajstić information content (AvgIpc) is 3.27. The number of hydrazone groups is 1. The van der Waals surface area contributed by atoms with E-state index in [2.05, 4.69) is 46.7 Å². The van der Waals surface area contributed by atoms with Gasteiger partial charge in [0, 0.05) is 11.9 Å². The highest BCUT2D eigenvalue weighted by Crippen LogP contribution is 2.27. The Morgan fingerprint density at radius 1 is 1.27 bits per heavy atom. The second kappa shape index (κ2) is 6.42. The van der Waals surface area contributed by atoms with Crippen molar-refractivity contribution < 1.29 is 4.79 Å². The first-order chi connectivity index (χ1) is 12.6. The minimum Gasteiger partial charge on any atom is -0.317 e. The van der Waals surface area contributed by atoms with E-state index in [1.54, 1.807) is 11.6 Å². The Hall–Kier alpha value is -2.93. The lowest BCUT2D eigenvalue weighted by Gasteiger charge is -2.21. The first kappa shape index (κ1) is 16.5. The van der Waals surface area contributed by atoms with Gasteiger partial charge in [0.2, 0.25) is 0 Å². The molecule has 0 bridgehead atoms. The number of aliphatic imine (C=N–C) groups is 1. The molecule has 6 nitrogen and oxygen atoms in total. The molecule has 7 heteroatoms. The Kier molecular flexibility index (Phi) is 4.08. The van der Waals surface area contributed by atoms with Crippen LogP contribution < -0.4 is 0 Å². The maximum Gasteiger partial charge on any atom is 0.283 e. The molecule has 0 saturated carbocycles. The molecule has 130 valence electrons. The van der Waals surface area contributed by atoms with Gasteiger partial charge >= 0.3 is 0 Å². The number of aryl methyl sites for hydroxylation is 2. The highest BCUT2D eigenvalue weighted by atomic mass is 32.2. The fraction of sp³-hybridized carbons (Fsp3) is 0.158. The van der Waals surface area contributed by atoms with E-state index in [0.29, 0.717) is 5.17 Å². The summed E-state index contributed by atoms with van der Waals surface area (Å²) in [4.78, 5) is 16.4. The molecule has 0 unspecified atom stereocenters. The first-order valence-electron chi connectivity index (χ1n) is 8.29. The summed E-state index contributed by atoms with van der Waals surface area (Å²) in [5.41, 5.74) is 6.14. The minimum atomic E-state index is -0.410. The van der Waals surface area contributed by atoms with E-state index in [1.807, 2.05) is 18.3 Å². The predicted molar refractivity (Wildman–Crippen MR) is 106 cm³/mol. The molecule has 1 amide bonds. The summed E-state index contributed by atoms with van der Waals surface area (Å²) >= 11 is 1.24. The second-order valence-corrected chi connectivity index (χ2v) is 6.81. The van der Waals surface area contributed by atoms with E-state index >= 15 is 0 Å². The Morgan fingerprint density at radius 3 is 2.92 bits per heavy atom. The van der Waals surface area contributed by atoms with E-state index in [-0.39, 0.29) is 11.4 Å². The summed E-state index contributed by atoms with van der Waals surface area (Å²) in [6, 6.07) is 10.1. The Bertz CT molecular complexity index is 1010. The van der Waals surface area contributed by atoms with Crippen LogP contribution in [0.2, 0.25) is 0 Å². The summed E-state index contributed by atoms with van der Waals surface area (Å²) in [6.07, 6.45) is 4.60. The van der Waals surface area contributed by atoms with Crippen LogP contribution in [0.1, 0.15) is 23.7 Å². The van der Waals surface area contributed by atoms with Gasteiger partial charge in [-0.3, -0.25) is 10.2 Å². The molecule has 2 aromatic rings. The lowest BCUT2D eigenvalue weighted by atomic mass is 10.1. The summed E-state index contributed by atoms with van der Waals surface area (Å²) in [6.45, 7) is 4.20. The quantitative estimate of drug-likeness (QED) is 0.847. The van der Waals surface area contributed by atoms with Crippen LogP contribution in [0.4, 0.5) is 0 Å². The minimum absolute atomic E-state index is 0.0505. The number of nitrogens with one attached hydrogen (secondary N) is 1. The zero-order chi connectivity index (χ0) is 18.3. The molecule has 1 aromatic heterocycles. The topological polar surface area (TPSA) is 73.8 Å². The van der Waals surface area contributed by atoms with Gasteiger partial charge in [-0.2, -0.15) is 15.1 Å². The van der Waals surface area contributed by atoms with Gasteiger partial charge < -0.3 is 4.57 Å². The number of aromatic nitrogens is 1. The third-order valence-electron chi connectivity index (χ3n) is 4.41. The molecular formula is C19H17N5OS. The molecule has 4 rings (SSSR count). The molecule has 0 aliphatic carbocycles. The van der Waals surface area contributed by atoms with Crippen LogP contribution in [0.3, 0.4) is 0 Å². The van der Waals surface area contributed by atoms with Crippen molar-refractivity contribution in [3.8, 4) is 5.69 Å². The van der Waals surface area contributed by atoms with Crippen LogP contribution in [0.15, 0.2) is 52.2 Å². The first-order valence-corrected chi connectivity index (χ1v) is 9.17. The van der Waals surface area contributed by atoms with Gasteiger partial charge in [-0.15, -0.1) is 0 Å². The zero-order valence-corrected chi connectivity index (χ0v) is 15.2. The van der Waals surface area contributed by atoms with Crippen LogP contribution in [-0.4, -0.2) is 32.0 Å². The second-order valence-electron chi connectivity index (χ2n) is 6.00. The lowest BCUT2D eigenvalue weighted by molar-refractivity contribution is -0.114. The molecule has 26 heavy (non-hydrogen) atoms. The highest BCUT2D eigenvalue weighted by molar-refractivity contribution is 8.25. The molecule has 1 N–H and O–H groups in total. The number of fused-ring (bicyclic) bond motifs is 1. The van der Waals surface area contributed by atoms with Crippen molar-refractivity contribution >= 4 is 40.3 Å². The smallest absolute Gasteiger partial charge is 0.283 e. The highest BCUT2D eigenvalue weighted by Gasteiger charge is 2.32. The molecule has 1 aromatic carbocycles. The van der Waals surface area contributed by atoms with Crippen LogP contribution >= 0.6 is 11.8 Å². The van der Waals surface area contributed by atoms with Gasteiger partial charge in [0.25, 0.3) is 5.91 Å². The van der Waals surface area contributed by atoms with Gasteiger partial charge in [0.1, 0.15) is 0 Å². The molecule has 2 aliphatic rings. The van der Waals surface area contributed by atoms with Crippen molar-refractivity contribution in [2.45, 2.75) is 20.3 Å². The third-order valence-corrected chi connectivity index (χ3v) is 5.09. The number of amidine groups is 2. The molecule has 3 heterocycles. The van der Waals surface area contributed by atoms with Crippen molar-refractivity contribution in [1.82, 2.24) is 9.58 Å². The van der Waals surface area contributed by atoms with E-state index in [9.17, 15) is 4.79 Å². The molecule has 0 radical (unpaired) electrons. The van der Waals surface area contributed by atoms with Gasteiger partial charge in [0.05, 0.1) is 16.8 Å². The third kappa shape index (κ3) is 2.61. The van der Waals surface area contributed by atoms with Crippen LogP contribution in [0, 0.1) is 12.3 Å². The number of hydrogen-bond donors (Lipinski definition) is 1. The number of nitrogens with zero attached hydrogens (tertiary/aromatic N) is 4. The molecule has 0 atom stereocenters. The van der Waals surface area contributed by atoms with Gasteiger partial charge in [-0.25, -0.2) is 0 Å². The standard InChI is InChI=1S/C19H17N5OS/c1-3-13-7-4-6-12(2)16(13)23-9-5-8-14(23)10-15-17(20)24-19(22-18(15)25)26-11-21-24/h4-11,20H,3H2,1-2H3/b15-10+,20-17?. The average molecular weight is 363 g/mol. The molecule has 0 fully saturated rings. The Labute approximate surface area is 155 Å². The fourth-order valence-electron chi connectivity index (χ4n) is 3.15.